The predicted molar refractivity (Wildman–Crippen MR) is 70.8 cm³/mol. The van der Waals surface area contributed by atoms with E-state index in [2.05, 4.69) is 44.9 Å². The minimum Gasteiger partial charge on any atom is -0.297 e. The molecule has 88 valence electrons. The molecule has 1 aliphatic carbocycles. The third-order valence-electron chi connectivity index (χ3n) is 3.47. The van der Waals surface area contributed by atoms with Gasteiger partial charge in [-0.05, 0) is 37.0 Å². The van der Waals surface area contributed by atoms with Crippen molar-refractivity contribution in [3.63, 3.8) is 0 Å². The lowest BCUT2D eigenvalue weighted by Crippen LogP contribution is -1.99. The molecule has 0 aliphatic heterocycles. The molecule has 0 spiro atoms. The normalized spacial score (nSPS) is 15.1. The fourth-order valence-corrected chi connectivity index (χ4v) is 2.47. The maximum Gasteiger partial charge on any atom is 0.163 e. The maximum atomic E-state index is 4.49. The van der Waals surface area contributed by atoms with E-state index in [4.69, 9.17) is 0 Å². The zero-order chi connectivity index (χ0) is 11.9. The summed E-state index contributed by atoms with van der Waals surface area (Å²) in [6, 6.07) is 12.6. The molecule has 3 aromatic rings. The van der Waals surface area contributed by atoms with E-state index in [1.54, 1.807) is 12.4 Å². The van der Waals surface area contributed by atoms with E-state index in [0.717, 1.165) is 11.2 Å². The molecule has 4 rings (SSSR count). The number of hydrogen-bond acceptors (Lipinski definition) is 2. The summed E-state index contributed by atoms with van der Waals surface area (Å²) in [7, 11) is 0. The summed E-state index contributed by atoms with van der Waals surface area (Å²) in [5.74, 6) is 0.682. The summed E-state index contributed by atoms with van der Waals surface area (Å²) >= 11 is 0. The zero-order valence-corrected chi connectivity index (χ0v) is 9.95. The number of benzene rings is 1. The van der Waals surface area contributed by atoms with E-state index < -0.39 is 0 Å². The fourth-order valence-electron chi connectivity index (χ4n) is 2.47. The van der Waals surface area contributed by atoms with Crippen LogP contribution in [-0.2, 0) is 0 Å². The molecule has 0 unspecified atom stereocenters. The summed E-state index contributed by atoms with van der Waals surface area (Å²) < 4.78 is 2.25. The van der Waals surface area contributed by atoms with Gasteiger partial charge in [0.1, 0.15) is 5.52 Å². The molecule has 0 amide bonds. The van der Waals surface area contributed by atoms with Crippen LogP contribution in [0.3, 0.4) is 0 Å². The lowest BCUT2D eigenvalue weighted by molar-refractivity contribution is 0.938. The van der Waals surface area contributed by atoms with Crippen molar-refractivity contribution in [2.75, 3.05) is 0 Å². The van der Waals surface area contributed by atoms with Gasteiger partial charge in [0.15, 0.2) is 5.65 Å². The Hall–Kier alpha value is -2.16. The van der Waals surface area contributed by atoms with Crippen molar-refractivity contribution in [2.24, 2.45) is 0 Å². The Labute approximate surface area is 105 Å². The van der Waals surface area contributed by atoms with Crippen molar-refractivity contribution in [2.45, 2.75) is 18.8 Å². The Balaban J connectivity index is 2.04. The third-order valence-corrected chi connectivity index (χ3v) is 3.47. The summed E-state index contributed by atoms with van der Waals surface area (Å²) in [6.07, 6.45) is 6.08. The van der Waals surface area contributed by atoms with E-state index in [1.165, 1.54) is 24.2 Å². The quantitative estimate of drug-likeness (QED) is 0.682. The summed E-state index contributed by atoms with van der Waals surface area (Å²) in [5.41, 5.74) is 4.48. The van der Waals surface area contributed by atoms with E-state index >= 15 is 0 Å². The van der Waals surface area contributed by atoms with Gasteiger partial charge in [-0.2, -0.15) is 0 Å². The number of aromatic nitrogens is 3. The smallest absolute Gasteiger partial charge is 0.163 e. The highest BCUT2D eigenvalue weighted by atomic mass is 15.1. The summed E-state index contributed by atoms with van der Waals surface area (Å²) in [5, 5.41) is 0. The maximum absolute atomic E-state index is 4.49. The molecule has 18 heavy (non-hydrogen) atoms. The Morgan fingerprint density at radius 3 is 2.56 bits per heavy atom. The van der Waals surface area contributed by atoms with Crippen LogP contribution in [-0.4, -0.2) is 14.5 Å². The second-order valence-electron chi connectivity index (χ2n) is 4.78. The van der Waals surface area contributed by atoms with Crippen molar-refractivity contribution in [3.8, 4) is 5.69 Å². The molecule has 1 aromatic carbocycles. The number of hydrogen-bond donors (Lipinski definition) is 0. The molecule has 0 atom stereocenters. The highest BCUT2D eigenvalue weighted by Crippen LogP contribution is 2.42. The predicted octanol–water partition coefficient (Wildman–Crippen LogP) is 3.30. The summed E-state index contributed by atoms with van der Waals surface area (Å²) in [6.45, 7) is 0. The Morgan fingerprint density at radius 2 is 1.78 bits per heavy atom. The number of para-hydroxylation sites is 1. The average molecular weight is 235 g/mol. The van der Waals surface area contributed by atoms with Crippen molar-refractivity contribution in [3.05, 3.63) is 54.5 Å². The van der Waals surface area contributed by atoms with Gasteiger partial charge in [-0.3, -0.25) is 9.55 Å². The van der Waals surface area contributed by atoms with Gasteiger partial charge in [-0.25, -0.2) is 4.98 Å². The fraction of sp³-hybridized carbons (Fsp3) is 0.200. The van der Waals surface area contributed by atoms with Crippen molar-refractivity contribution < 1.29 is 0 Å². The van der Waals surface area contributed by atoms with Crippen LogP contribution < -0.4 is 0 Å². The van der Waals surface area contributed by atoms with E-state index in [9.17, 15) is 0 Å². The zero-order valence-electron chi connectivity index (χ0n) is 9.95. The van der Waals surface area contributed by atoms with Gasteiger partial charge in [0.25, 0.3) is 0 Å². The molecule has 1 saturated carbocycles. The first-order valence-corrected chi connectivity index (χ1v) is 6.31. The van der Waals surface area contributed by atoms with Crippen LogP contribution in [0, 0.1) is 0 Å². The average Bonchev–Trinajstić information content (AvgIpc) is 3.20. The van der Waals surface area contributed by atoms with Crippen molar-refractivity contribution in [1.29, 1.82) is 0 Å². The van der Waals surface area contributed by atoms with Gasteiger partial charge in [0.2, 0.25) is 0 Å². The van der Waals surface area contributed by atoms with E-state index in [0.29, 0.717) is 5.92 Å². The monoisotopic (exact) mass is 235 g/mol. The van der Waals surface area contributed by atoms with Crippen LogP contribution in [0.2, 0.25) is 0 Å². The first-order valence-electron chi connectivity index (χ1n) is 6.31. The Bertz CT molecular complexity index is 696. The largest absolute Gasteiger partial charge is 0.297 e. The van der Waals surface area contributed by atoms with Crippen LogP contribution in [0.15, 0.2) is 48.8 Å². The molecule has 3 nitrogen and oxygen atoms in total. The molecule has 1 fully saturated rings. The molecular formula is C15H13N3. The van der Waals surface area contributed by atoms with Crippen LogP contribution in [0.25, 0.3) is 16.9 Å². The van der Waals surface area contributed by atoms with Crippen molar-refractivity contribution in [1.82, 2.24) is 14.5 Å². The minimum absolute atomic E-state index is 0.682. The van der Waals surface area contributed by atoms with Gasteiger partial charge in [-0.1, -0.05) is 18.2 Å². The van der Waals surface area contributed by atoms with Gasteiger partial charge in [0.05, 0.1) is 0 Å². The van der Waals surface area contributed by atoms with Crippen LogP contribution in [0.1, 0.15) is 24.5 Å². The van der Waals surface area contributed by atoms with Crippen LogP contribution in [0.5, 0.6) is 0 Å². The van der Waals surface area contributed by atoms with E-state index in [1.807, 2.05) is 6.07 Å². The Kier molecular flexibility index (Phi) is 2.00. The van der Waals surface area contributed by atoms with Crippen molar-refractivity contribution >= 4 is 11.2 Å². The minimum atomic E-state index is 0.682. The van der Waals surface area contributed by atoms with Gasteiger partial charge in [0, 0.05) is 23.8 Å². The van der Waals surface area contributed by atoms with E-state index in [-0.39, 0.29) is 0 Å². The molecule has 0 saturated heterocycles. The SMILES string of the molecule is c1ccc(-n2c(C3CC3)cc3nccnc32)cc1. The molecule has 2 aromatic heterocycles. The molecule has 1 aliphatic rings. The summed E-state index contributed by atoms with van der Waals surface area (Å²) in [4.78, 5) is 8.90. The van der Waals surface area contributed by atoms with Crippen LogP contribution >= 0.6 is 0 Å². The molecule has 0 bridgehead atoms. The first kappa shape index (κ1) is 9.83. The highest BCUT2D eigenvalue weighted by molar-refractivity contribution is 5.75. The second kappa shape index (κ2) is 3.67. The van der Waals surface area contributed by atoms with Gasteiger partial charge in [-0.15, -0.1) is 0 Å². The number of rotatable bonds is 2. The van der Waals surface area contributed by atoms with Gasteiger partial charge < -0.3 is 0 Å². The number of nitrogens with zero attached hydrogens (tertiary/aromatic N) is 3. The topological polar surface area (TPSA) is 30.7 Å². The molecule has 2 heterocycles. The molecular weight excluding hydrogens is 222 g/mol. The molecule has 0 N–H and O–H groups in total. The third kappa shape index (κ3) is 1.44. The second-order valence-corrected chi connectivity index (χ2v) is 4.78. The van der Waals surface area contributed by atoms with Crippen LogP contribution in [0.4, 0.5) is 0 Å². The molecule has 3 heteroatoms. The number of fused-ring (bicyclic) bond motifs is 1. The standard InChI is InChI=1S/C15H13N3/c1-2-4-12(5-3-1)18-14(11-6-7-11)10-13-15(18)17-9-8-16-13/h1-5,8-11H,6-7H2. The molecule has 0 radical (unpaired) electrons. The lowest BCUT2D eigenvalue weighted by atomic mass is 10.2. The Morgan fingerprint density at radius 1 is 1.00 bits per heavy atom. The highest BCUT2D eigenvalue weighted by Gasteiger charge is 2.28. The first-order chi connectivity index (χ1) is 8.93. The van der Waals surface area contributed by atoms with Gasteiger partial charge >= 0.3 is 0 Å². The lowest BCUT2D eigenvalue weighted by Gasteiger charge is -2.08.